The molecule has 0 saturated heterocycles. The molecule has 1 aromatic carbocycles. The van der Waals surface area contributed by atoms with Gasteiger partial charge in [0.1, 0.15) is 0 Å². The van der Waals surface area contributed by atoms with Gasteiger partial charge < -0.3 is 5.73 Å². The van der Waals surface area contributed by atoms with Crippen molar-refractivity contribution in [3.63, 3.8) is 0 Å². The van der Waals surface area contributed by atoms with Crippen LogP contribution in [0.15, 0.2) is 18.2 Å². The van der Waals surface area contributed by atoms with E-state index in [4.69, 9.17) is 5.73 Å². The lowest BCUT2D eigenvalue weighted by Gasteiger charge is -1.96. The molecule has 0 unspecified atom stereocenters. The first-order valence-electron chi connectivity index (χ1n) is 3.55. The van der Waals surface area contributed by atoms with Gasteiger partial charge in [0.25, 0.3) is 0 Å². The van der Waals surface area contributed by atoms with Crippen molar-refractivity contribution in [3.8, 4) is 0 Å². The summed E-state index contributed by atoms with van der Waals surface area (Å²) in [6.45, 7) is 2.01. The maximum absolute atomic E-state index is 10.7. The molecule has 2 N–H and O–H groups in total. The Hall–Kier alpha value is -1.31. The SMILES string of the molecule is CCc1[c]c(C(N)=O)ccc1. The Balaban J connectivity index is 3.01. The molecule has 0 atom stereocenters. The van der Waals surface area contributed by atoms with E-state index < -0.39 is 5.91 Å². The molecule has 0 aromatic heterocycles. The van der Waals surface area contributed by atoms with E-state index in [-0.39, 0.29) is 0 Å². The van der Waals surface area contributed by atoms with Crippen LogP contribution in [0.2, 0.25) is 0 Å². The van der Waals surface area contributed by atoms with Crippen LogP contribution >= 0.6 is 0 Å². The zero-order chi connectivity index (χ0) is 8.27. The number of carbonyl (C=O) groups excluding carboxylic acids is 1. The maximum atomic E-state index is 10.7. The van der Waals surface area contributed by atoms with E-state index in [2.05, 4.69) is 6.07 Å². The van der Waals surface area contributed by atoms with Crippen LogP contribution < -0.4 is 5.73 Å². The zero-order valence-electron chi connectivity index (χ0n) is 6.42. The first-order valence-corrected chi connectivity index (χ1v) is 3.55. The Kier molecular flexibility index (Phi) is 2.26. The largest absolute Gasteiger partial charge is 0.366 e. The molecule has 0 aliphatic heterocycles. The normalized spacial score (nSPS) is 9.55. The van der Waals surface area contributed by atoms with Gasteiger partial charge in [-0.25, -0.2) is 0 Å². The number of primary amides is 1. The van der Waals surface area contributed by atoms with Crippen molar-refractivity contribution in [2.75, 3.05) is 0 Å². The summed E-state index contributed by atoms with van der Waals surface area (Å²) in [5.74, 6) is -0.416. The van der Waals surface area contributed by atoms with Crippen molar-refractivity contribution in [3.05, 3.63) is 35.4 Å². The summed E-state index contributed by atoms with van der Waals surface area (Å²) in [5.41, 5.74) is 6.54. The molecule has 0 fully saturated rings. The molecule has 0 bridgehead atoms. The van der Waals surface area contributed by atoms with Gasteiger partial charge in [-0.05, 0) is 24.1 Å². The Morgan fingerprint density at radius 2 is 2.36 bits per heavy atom. The quantitative estimate of drug-likeness (QED) is 0.671. The van der Waals surface area contributed by atoms with Crippen LogP contribution in [0.5, 0.6) is 0 Å². The highest BCUT2D eigenvalue weighted by Crippen LogP contribution is 2.03. The Morgan fingerprint density at radius 3 is 2.91 bits per heavy atom. The lowest BCUT2D eigenvalue weighted by atomic mass is 10.1. The summed E-state index contributed by atoms with van der Waals surface area (Å²) in [7, 11) is 0. The lowest BCUT2D eigenvalue weighted by molar-refractivity contribution is 0.1000. The van der Waals surface area contributed by atoms with Gasteiger partial charge in [-0.3, -0.25) is 4.79 Å². The molecule has 0 heterocycles. The van der Waals surface area contributed by atoms with Gasteiger partial charge in [0.05, 0.1) is 0 Å². The monoisotopic (exact) mass is 148 g/mol. The summed E-state index contributed by atoms with van der Waals surface area (Å²) < 4.78 is 0. The fourth-order valence-electron chi connectivity index (χ4n) is 0.867. The first-order chi connectivity index (χ1) is 5.24. The molecule has 2 heteroatoms. The molecular formula is C9H10NO. The summed E-state index contributed by atoms with van der Waals surface area (Å²) in [4.78, 5) is 10.7. The highest BCUT2D eigenvalue weighted by Gasteiger charge is 1.99. The smallest absolute Gasteiger partial charge is 0.249 e. The van der Waals surface area contributed by atoms with Crippen molar-refractivity contribution >= 4 is 5.91 Å². The summed E-state index contributed by atoms with van der Waals surface area (Å²) in [6, 6.07) is 8.33. The van der Waals surface area contributed by atoms with Crippen LogP contribution in [0.3, 0.4) is 0 Å². The van der Waals surface area contributed by atoms with Crippen LogP contribution in [0.4, 0.5) is 0 Å². The zero-order valence-corrected chi connectivity index (χ0v) is 6.42. The number of aryl methyl sites for hydroxylation is 1. The fourth-order valence-corrected chi connectivity index (χ4v) is 0.867. The standard InChI is InChI=1S/C9H10NO/c1-2-7-4-3-5-8(6-7)9(10)11/h3-5H,2H2,1H3,(H2,10,11). The van der Waals surface area contributed by atoms with E-state index >= 15 is 0 Å². The minimum Gasteiger partial charge on any atom is -0.366 e. The molecule has 0 aliphatic rings. The summed E-state index contributed by atoms with van der Waals surface area (Å²) >= 11 is 0. The van der Waals surface area contributed by atoms with Crippen molar-refractivity contribution in [2.45, 2.75) is 13.3 Å². The van der Waals surface area contributed by atoms with E-state index in [1.54, 1.807) is 6.07 Å². The molecule has 0 spiro atoms. The van der Waals surface area contributed by atoms with E-state index in [1.807, 2.05) is 19.1 Å². The molecule has 0 aliphatic carbocycles. The number of carbonyl (C=O) groups is 1. The number of rotatable bonds is 2. The maximum Gasteiger partial charge on any atom is 0.249 e. The van der Waals surface area contributed by atoms with Gasteiger partial charge in [-0.2, -0.15) is 0 Å². The van der Waals surface area contributed by atoms with Gasteiger partial charge in [-0.1, -0.05) is 19.1 Å². The minimum absolute atomic E-state index is 0.416. The Bertz CT molecular complexity index is 268. The summed E-state index contributed by atoms with van der Waals surface area (Å²) in [5, 5.41) is 0. The second kappa shape index (κ2) is 3.19. The molecule has 11 heavy (non-hydrogen) atoms. The van der Waals surface area contributed by atoms with Crippen LogP contribution in [0.25, 0.3) is 0 Å². The van der Waals surface area contributed by atoms with Crippen molar-refractivity contribution in [1.29, 1.82) is 0 Å². The van der Waals surface area contributed by atoms with E-state index in [9.17, 15) is 4.79 Å². The number of amides is 1. The molecular weight excluding hydrogens is 138 g/mol. The van der Waals surface area contributed by atoms with Gasteiger partial charge >= 0.3 is 0 Å². The molecule has 2 nitrogen and oxygen atoms in total. The summed E-state index contributed by atoms with van der Waals surface area (Å²) in [6.07, 6.45) is 0.876. The predicted molar refractivity (Wildman–Crippen MR) is 43.2 cm³/mol. The van der Waals surface area contributed by atoms with Crippen molar-refractivity contribution < 1.29 is 4.79 Å². The molecule has 1 radical (unpaired) electrons. The van der Waals surface area contributed by atoms with E-state index in [0.29, 0.717) is 5.56 Å². The number of hydrogen-bond donors (Lipinski definition) is 1. The van der Waals surface area contributed by atoms with E-state index in [0.717, 1.165) is 12.0 Å². The number of benzene rings is 1. The lowest BCUT2D eigenvalue weighted by Crippen LogP contribution is -2.11. The molecule has 1 amide bonds. The van der Waals surface area contributed by atoms with Gasteiger partial charge in [0, 0.05) is 5.56 Å². The van der Waals surface area contributed by atoms with Crippen molar-refractivity contribution in [2.24, 2.45) is 5.73 Å². The van der Waals surface area contributed by atoms with Crippen LogP contribution in [0, 0.1) is 6.07 Å². The van der Waals surface area contributed by atoms with Crippen LogP contribution in [0.1, 0.15) is 22.8 Å². The van der Waals surface area contributed by atoms with Crippen LogP contribution in [-0.2, 0) is 6.42 Å². The van der Waals surface area contributed by atoms with Crippen LogP contribution in [-0.4, -0.2) is 5.91 Å². The second-order valence-corrected chi connectivity index (χ2v) is 2.31. The molecule has 1 rings (SSSR count). The van der Waals surface area contributed by atoms with Gasteiger partial charge in [0.2, 0.25) is 5.91 Å². The average Bonchev–Trinajstić information content (AvgIpc) is 2.05. The fraction of sp³-hybridized carbons (Fsp3) is 0.222. The highest BCUT2D eigenvalue weighted by molar-refractivity contribution is 5.92. The molecule has 0 saturated carbocycles. The average molecular weight is 148 g/mol. The predicted octanol–water partition coefficient (Wildman–Crippen LogP) is 1.15. The van der Waals surface area contributed by atoms with Crippen molar-refractivity contribution in [1.82, 2.24) is 0 Å². The van der Waals surface area contributed by atoms with Gasteiger partial charge in [-0.15, -0.1) is 0 Å². The third-order valence-electron chi connectivity index (χ3n) is 1.50. The second-order valence-electron chi connectivity index (χ2n) is 2.31. The number of nitrogens with two attached hydrogens (primary N) is 1. The highest BCUT2D eigenvalue weighted by atomic mass is 16.1. The number of hydrogen-bond acceptors (Lipinski definition) is 1. The Morgan fingerprint density at radius 1 is 1.64 bits per heavy atom. The topological polar surface area (TPSA) is 43.1 Å². The third-order valence-corrected chi connectivity index (χ3v) is 1.50. The van der Waals surface area contributed by atoms with Gasteiger partial charge in [0.15, 0.2) is 0 Å². The Labute approximate surface area is 66.0 Å². The minimum atomic E-state index is -0.416. The molecule has 57 valence electrons. The third kappa shape index (κ3) is 1.80. The van der Waals surface area contributed by atoms with E-state index in [1.165, 1.54) is 0 Å². The molecule has 1 aromatic rings. The first kappa shape index (κ1) is 7.79.